The topological polar surface area (TPSA) is 46.2 Å². The molecule has 0 aliphatic carbocycles. The summed E-state index contributed by atoms with van der Waals surface area (Å²) in [7, 11) is 0. The smallest absolute Gasteiger partial charge is 0.0829 e. The van der Waals surface area contributed by atoms with Gasteiger partial charge in [0.1, 0.15) is 0 Å². The first-order valence-electron chi connectivity index (χ1n) is 5.86. The van der Waals surface area contributed by atoms with Crippen LogP contribution in [-0.2, 0) is 6.54 Å². The first-order chi connectivity index (χ1) is 7.83. The Kier molecular flexibility index (Phi) is 4.27. The molecule has 3 heteroatoms. The van der Waals surface area contributed by atoms with Crippen LogP contribution in [0.1, 0.15) is 30.1 Å². The number of hydrogen-bond acceptors (Lipinski definition) is 3. The summed E-state index contributed by atoms with van der Waals surface area (Å²) in [5, 5.41) is 10.4. The third-order valence-corrected chi connectivity index (χ3v) is 4.48. The first-order valence-corrected chi connectivity index (χ1v) is 7.02. The van der Waals surface area contributed by atoms with E-state index in [1.54, 1.807) is 0 Å². The molecule has 1 aliphatic rings. The van der Waals surface area contributed by atoms with Gasteiger partial charge in [-0.15, -0.1) is 0 Å². The Morgan fingerprint density at radius 3 is 2.94 bits per heavy atom. The van der Waals surface area contributed by atoms with E-state index in [0.717, 1.165) is 23.3 Å². The summed E-state index contributed by atoms with van der Waals surface area (Å²) >= 11 is 1.95. The van der Waals surface area contributed by atoms with Gasteiger partial charge in [0.2, 0.25) is 0 Å². The van der Waals surface area contributed by atoms with Crippen molar-refractivity contribution in [2.24, 2.45) is 11.7 Å². The van der Waals surface area contributed by atoms with Gasteiger partial charge in [-0.1, -0.05) is 24.3 Å². The summed E-state index contributed by atoms with van der Waals surface area (Å²) in [4.78, 5) is 0. The van der Waals surface area contributed by atoms with Crippen molar-refractivity contribution in [3.63, 3.8) is 0 Å². The molecular formula is C13H19NOS. The summed E-state index contributed by atoms with van der Waals surface area (Å²) < 4.78 is 0. The molecule has 0 aromatic heterocycles. The summed E-state index contributed by atoms with van der Waals surface area (Å²) in [5.41, 5.74) is 7.80. The summed E-state index contributed by atoms with van der Waals surface area (Å²) in [6.07, 6.45) is 2.01. The minimum absolute atomic E-state index is 0.340. The van der Waals surface area contributed by atoms with Crippen LogP contribution in [0.15, 0.2) is 24.3 Å². The van der Waals surface area contributed by atoms with Gasteiger partial charge in [-0.3, -0.25) is 0 Å². The molecule has 1 aromatic rings. The molecule has 0 bridgehead atoms. The van der Waals surface area contributed by atoms with E-state index in [2.05, 4.69) is 0 Å². The van der Waals surface area contributed by atoms with E-state index >= 15 is 0 Å². The average Bonchev–Trinajstić information content (AvgIpc) is 2.39. The lowest BCUT2D eigenvalue weighted by atomic mass is 9.90. The van der Waals surface area contributed by atoms with Gasteiger partial charge in [-0.05, 0) is 41.4 Å². The van der Waals surface area contributed by atoms with Gasteiger partial charge >= 0.3 is 0 Å². The normalized spacial score (nSPS) is 23.0. The third kappa shape index (κ3) is 2.59. The lowest BCUT2D eigenvalue weighted by Gasteiger charge is -2.27. The van der Waals surface area contributed by atoms with Crippen molar-refractivity contribution >= 4 is 11.8 Å². The van der Waals surface area contributed by atoms with Crippen LogP contribution in [0.2, 0.25) is 0 Å². The van der Waals surface area contributed by atoms with Crippen LogP contribution in [0.4, 0.5) is 0 Å². The fraction of sp³-hybridized carbons (Fsp3) is 0.538. The fourth-order valence-electron chi connectivity index (χ4n) is 2.28. The molecule has 2 unspecified atom stereocenters. The van der Waals surface area contributed by atoms with E-state index in [4.69, 9.17) is 5.73 Å². The van der Waals surface area contributed by atoms with Gasteiger partial charge in [0, 0.05) is 6.54 Å². The second kappa shape index (κ2) is 5.71. The second-order valence-corrected chi connectivity index (χ2v) is 5.47. The van der Waals surface area contributed by atoms with Crippen LogP contribution in [0.3, 0.4) is 0 Å². The Morgan fingerprint density at radius 1 is 1.44 bits per heavy atom. The van der Waals surface area contributed by atoms with Gasteiger partial charge in [-0.25, -0.2) is 0 Å². The molecule has 1 saturated heterocycles. The highest BCUT2D eigenvalue weighted by molar-refractivity contribution is 7.99. The molecule has 88 valence electrons. The quantitative estimate of drug-likeness (QED) is 0.848. The number of aliphatic hydroxyl groups excluding tert-OH is 1. The molecular weight excluding hydrogens is 218 g/mol. The van der Waals surface area contributed by atoms with Gasteiger partial charge in [-0.2, -0.15) is 11.8 Å². The number of nitrogens with two attached hydrogens (primary N) is 1. The van der Waals surface area contributed by atoms with Crippen molar-refractivity contribution in [2.75, 3.05) is 11.5 Å². The minimum Gasteiger partial charge on any atom is -0.388 e. The Balaban J connectivity index is 2.15. The molecule has 3 N–H and O–H groups in total. The lowest BCUT2D eigenvalue weighted by Crippen LogP contribution is -2.20. The predicted molar refractivity (Wildman–Crippen MR) is 69.3 cm³/mol. The van der Waals surface area contributed by atoms with Crippen molar-refractivity contribution < 1.29 is 5.11 Å². The number of hydrogen-bond donors (Lipinski definition) is 2. The Hall–Kier alpha value is -0.510. The van der Waals surface area contributed by atoms with Crippen LogP contribution in [0.5, 0.6) is 0 Å². The maximum Gasteiger partial charge on any atom is 0.0829 e. The van der Waals surface area contributed by atoms with Crippen LogP contribution in [0.25, 0.3) is 0 Å². The summed E-state index contributed by atoms with van der Waals surface area (Å²) in [6.45, 7) is 0.507. The standard InChI is InChI=1S/C13H19NOS/c14-8-10-4-1-2-6-12(10)13(15)11-5-3-7-16-9-11/h1-2,4,6,11,13,15H,3,5,7-9,14H2. The summed E-state index contributed by atoms with van der Waals surface area (Å²) in [5.74, 6) is 2.70. The zero-order valence-corrected chi connectivity index (χ0v) is 10.2. The summed E-state index contributed by atoms with van der Waals surface area (Å²) in [6, 6.07) is 7.97. The molecule has 0 saturated carbocycles. The molecule has 2 nitrogen and oxygen atoms in total. The lowest BCUT2D eigenvalue weighted by molar-refractivity contribution is 0.112. The highest BCUT2D eigenvalue weighted by Gasteiger charge is 2.24. The number of benzene rings is 1. The van der Waals surface area contributed by atoms with Gasteiger partial charge in [0.15, 0.2) is 0 Å². The van der Waals surface area contributed by atoms with E-state index in [-0.39, 0.29) is 6.10 Å². The molecule has 1 fully saturated rings. The van der Waals surface area contributed by atoms with E-state index < -0.39 is 0 Å². The van der Waals surface area contributed by atoms with E-state index in [1.165, 1.54) is 12.2 Å². The maximum absolute atomic E-state index is 10.4. The van der Waals surface area contributed by atoms with Crippen molar-refractivity contribution in [1.82, 2.24) is 0 Å². The number of aliphatic hydroxyl groups is 1. The zero-order chi connectivity index (χ0) is 11.4. The molecule has 1 heterocycles. The zero-order valence-electron chi connectivity index (χ0n) is 9.43. The van der Waals surface area contributed by atoms with Crippen LogP contribution in [-0.4, -0.2) is 16.6 Å². The van der Waals surface area contributed by atoms with E-state index in [1.807, 2.05) is 36.0 Å². The average molecular weight is 237 g/mol. The van der Waals surface area contributed by atoms with Crippen LogP contribution >= 0.6 is 11.8 Å². The first kappa shape index (κ1) is 12.0. The monoisotopic (exact) mass is 237 g/mol. The molecule has 1 aromatic carbocycles. The van der Waals surface area contributed by atoms with Gasteiger partial charge in [0.05, 0.1) is 6.10 Å². The van der Waals surface area contributed by atoms with Crippen molar-refractivity contribution in [2.45, 2.75) is 25.5 Å². The second-order valence-electron chi connectivity index (χ2n) is 4.32. The minimum atomic E-state index is -0.340. The van der Waals surface area contributed by atoms with Crippen LogP contribution in [0, 0.1) is 5.92 Å². The predicted octanol–water partition coefficient (Wildman–Crippen LogP) is 2.32. The largest absolute Gasteiger partial charge is 0.388 e. The molecule has 1 aliphatic heterocycles. The number of rotatable bonds is 3. The third-order valence-electron chi connectivity index (χ3n) is 3.24. The van der Waals surface area contributed by atoms with Crippen molar-refractivity contribution in [3.05, 3.63) is 35.4 Å². The van der Waals surface area contributed by atoms with Crippen molar-refractivity contribution in [3.8, 4) is 0 Å². The molecule has 2 rings (SSSR count). The molecule has 0 radical (unpaired) electrons. The fourth-order valence-corrected chi connectivity index (χ4v) is 3.47. The van der Waals surface area contributed by atoms with Crippen molar-refractivity contribution in [1.29, 1.82) is 0 Å². The molecule has 2 atom stereocenters. The molecule has 16 heavy (non-hydrogen) atoms. The van der Waals surface area contributed by atoms with E-state index in [0.29, 0.717) is 12.5 Å². The maximum atomic E-state index is 10.4. The van der Waals surface area contributed by atoms with E-state index in [9.17, 15) is 5.11 Å². The Bertz CT molecular complexity index is 336. The SMILES string of the molecule is NCc1ccccc1C(O)C1CCCSC1. The highest BCUT2D eigenvalue weighted by atomic mass is 32.2. The van der Waals surface area contributed by atoms with Crippen LogP contribution < -0.4 is 5.73 Å². The Labute approximate surface area is 101 Å². The number of thioether (sulfide) groups is 1. The molecule has 0 amide bonds. The molecule has 0 spiro atoms. The van der Waals surface area contributed by atoms with Gasteiger partial charge in [0.25, 0.3) is 0 Å². The highest BCUT2D eigenvalue weighted by Crippen LogP contribution is 2.34. The Morgan fingerprint density at radius 2 is 2.25 bits per heavy atom. The van der Waals surface area contributed by atoms with Gasteiger partial charge < -0.3 is 10.8 Å².